The molecule has 3 heterocycles. The van der Waals surface area contributed by atoms with Crippen LogP contribution in [0.1, 0.15) is 78.9 Å². The summed E-state index contributed by atoms with van der Waals surface area (Å²) in [4.78, 5) is 28.0. The highest BCUT2D eigenvalue weighted by Crippen LogP contribution is 2.49. The SMILES string of the molecule is CCCCCNC(=O)c1coc([C@H]2[C@H](Cc3ccccc3CCC(=O)O)[C@H]3CC[C@@H]2O3)n1. The van der Waals surface area contributed by atoms with Crippen LogP contribution in [0, 0.1) is 5.92 Å². The van der Waals surface area contributed by atoms with E-state index in [0.717, 1.165) is 49.7 Å². The molecule has 2 aromatic rings. The molecule has 2 bridgehead atoms. The van der Waals surface area contributed by atoms with Crippen molar-refractivity contribution in [1.82, 2.24) is 10.3 Å². The Bertz CT molecular complexity index is 940. The quantitative estimate of drug-likeness (QED) is 0.510. The number of carbonyl (C=O) groups excluding carboxylic acids is 1. The van der Waals surface area contributed by atoms with Gasteiger partial charge in [-0.25, -0.2) is 4.98 Å². The molecule has 2 aliphatic heterocycles. The van der Waals surface area contributed by atoms with Gasteiger partial charge in [0.2, 0.25) is 5.89 Å². The van der Waals surface area contributed by atoms with Crippen LogP contribution < -0.4 is 5.32 Å². The summed E-state index contributed by atoms with van der Waals surface area (Å²) in [5.74, 6) is -0.220. The average Bonchev–Trinajstić information content (AvgIpc) is 3.52. The molecule has 4 atom stereocenters. The van der Waals surface area contributed by atoms with Crippen molar-refractivity contribution >= 4 is 11.9 Å². The van der Waals surface area contributed by atoms with Gasteiger partial charge in [-0.3, -0.25) is 9.59 Å². The molecule has 1 aromatic heterocycles. The smallest absolute Gasteiger partial charge is 0.303 e. The van der Waals surface area contributed by atoms with Crippen molar-refractivity contribution in [3.63, 3.8) is 0 Å². The Hall–Kier alpha value is -2.67. The zero-order chi connectivity index (χ0) is 22.5. The van der Waals surface area contributed by atoms with Crippen LogP contribution in [0.3, 0.4) is 0 Å². The number of benzene rings is 1. The number of nitrogens with zero attached hydrogens (tertiary/aromatic N) is 1. The maximum atomic E-state index is 12.4. The number of ether oxygens (including phenoxy) is 1. The lowest BCUT2D eigenvalue weighted by molar-refractivity contribution is -0.136. The number of nitrogens with one attached hydrogen (secondary N) is 1. The third-order valence-electron chi connectivity index (χ3n) is 6.71. The topological polar surface area (TPSA) is 102 Å². The third kappa shape index (κ3) is 5.04. The lowest BCUT2D eigenvalue weighted by Crippen LogP contribution is -2.28. The average molecular weight is 441 g/mol. The summed E-state index contributed by atoms with van der Waals surface area (Å²) in [7, 11) is 0. The first-order valence-electron chi connectivity index (χ1n) is 11.7. The highest BCUT2D eigenvalue weighted by Gasteiger charge is 2.51. The van der Waals surface area contributed by atoms with Gasteiger partial charge >= 0.3 is 5.97 Å². The van der Waals surface area contributed by atoms with Gasteiger partial charge in [-0.05, 0) is 43.2 Å². The molecule has 0 aliphatic carbocycles. The fourth-order valence-electron chi connectivity index (χ4n) is 5.08. The van der Waals surface area contributed by atoms with E-state index in [4.69, 9.17) is 14.3 Å². The molecule has 4 rings (SSSR count). The number of carbonyl (C=O) groups is 2. The molecule has 7 nitrogen and oxygen atoms in total. The van der Waals surface area contributed by atoms with Gasteiger partial charge in [-0.2, -0.15) is 0 Å². The van der Waals surface area contributed by atoms with Crippen LogP contribution >= 0.6 is 0 Å². The summed E-state index contributed by atoms with van der Waals surface area (Å²) in [5, 5.41) is 12.0. The molecule has 2 fully saturated rings. The van der Waals surface area contributed by atoms with Crippen molar-refractivity contribution in [2.45, 2.75) is 76.4 Å². The van der Waals surface area contributed by atoms with Gasteiger partial charge in [0.05, 0.1) is 18.1 Å². The van der Waals surface area contributed by atoms with E-state index in [0.29, 0.717) is 24.6 Å². The number of hydrogen-bond donors (Lipinski definition) is 2. The first-order chi connectivity index (χ1) is 15.6. The number of hydrogen-bond acceptors (Lipinski definition) is 5. The van der Waals surface area contributed by atoms with E-state index < -0.39 is 5.97 Å². The Balaban J connectivity index is 1.47. The zero-order valence-corrected chi connectivity index (χ0v) is 18.6. The molecule has 1 aromatic carbocycles. The number of aliphatic carboxylic acids is 1. The Kier molecular flexibility index (Phi) is 7.25. The first-order valence-corrected chi connectivity index (χ1v) is 11.7. The summed E-state index contributed by atoms with van der Waals surface area (Å²) in [6, 6.07) is 8.03. The van der Waals surface area contributed by atoms with Gasteiger partial charge in [0.15, 0.2) is 5.69 Å². The van der Waals surface area contributed by atoms with E-state index >= 15 is 0 Å². The van der Waals surface area contributed by atoms with Crippen molar-refractivity contribution in [2.75, 3.05) is 6.54 Å². The predicted octanol–water partition coefficient (Wildman–Crippen LogP) is 4.12. The largest absolute Gasteiger partial charge is 0.481 e. The predicted molar refractivity (Wildman–Crippen MR) is 119 cm³/mol. The lowest BCUT2D eigenvalue weighted by atomic mass is 9.75. The molecule has 2 N–H and O–H groups in total. The summed E-state index contributed by atoms with van der Waals surface area (Å²) >= 11 is 0. The third-order valence-corrected chi connectivity index (χ3v) is 6.71. The van der Waals surface area contributed by atoms with Gasteiger partial charge in [-0.15, -0.1) is 0 Å². The minimum Gasteiger partial charge on any atom is -0.481 e. The minimum atomic E-state index is -0.791. The van der Waals surface area contributed by atoms with Crippen LogP contribution in [-0.4, -0.2) is 40.7 Å². The van der Waals surface area contributed by atoms with Gasteiger partial charge in [0.25, 0.3) is 5.91 Å². The van der Waals surface area contributed by atoms with Gasteiger partial charge in [0, 0.05) is 18.9 Å². The van der Waals surface area contributed by atoms with Crippen LogP contribution in [0.15, 0.2) is 34.9 Å². The molecular formula is C25H32N2O5. The number of amides is 1. The van der Waals surface area contributed by atoms with Crippen LogP contribution in [0.25, 0.3) is 0 Å². The number of aromatic nitrogens is 1. The van der Waals surface area contributed by atoms with Crippen LogP contribution in [0.2, 0.25) is 0 Å². The number of oxazole rings is 1. The maximum Gasteiger partial charge on any atom is 0.303 e. The summed E-state index contributed by atoms with van der Waals surface area (Å²) in [6.45, 7) is 2.77. The van der Waals surface area contributed by atoms with Crippen LogP contribution in [-0.2, 0) is 22.4 Å². The molecule has 2 aliphatic rings. The van der Waals surface area contributed by atoms with E-state index in [2.05, 4.69) is 23.3 Å². The number of carboxylic acids is 1. The fourth-order valence-corrected chi connectivity index (χ4v) is 5.08. The highest BCUT2D eigenvalue weighted by molar-refractivity contribution is 5.91. The number of unbranched alkanes of at least 4 members (excludes halogenated alkanes) is 2. The molecule has 2 saturated heterocycles. The second kappa shape index (κ2) is 10.3. The molecule has 1 amide bonds. The number of carboxylic acid groups (broad SMARTS) is 1. The summed E-state index contributed by atoms with van der Waals surface area (Å²) in [5.41, 5.74) is 2.54. The molecule has 32 heavy (non-hydrogen) atoms. The highest BCUT2D eigenvalue weighted by atomic mass is 16.5. The summed E-state index contributed by atoms with van der Waals surface area (Å²) < 4.78 is 12.0. The Morgan fingerprint density at radius 1 is 1.16 bits per heavy atom. The molecule has 0 saturated carbocycles. The molecule has 0 spiro atoms. The Morgan fingerprint density at radius 3 is 2.72 bits per heavy atom. The first kappa shape index (κ1) is 22.5. The molecule has 7 heteroatoms. The molecule has 0 unspecified atom stereocenters. The van der Waals surface area contributed by atoms with Crippen molar-refractivity contribution < 1.29 is 23.8 Å². The van der Waals surface area contributed by atoms with Crippen molar-refractivity contribution in [3.05, 3.63) is 53.2 Å². The second-order valence-electron chi connectivity index (χ2n) is 8.88. The molecule has 0 radical (unpaired) electrons. The zero-order valence-electron chi connectivity index (χ0n) is 18.6. The monoisotopic (exact) mass is 440 g/mol. The number of fused-ring (bicyclic) bond motifs is 2. The number of rotatable bonds is 11. The Morgan fingerprint density at radius 2 is 1.94 bits per heavy atom. The van der Waals surface area contributed by atoms with Crippen LogP contribution in [0.4, 0.5) is 0 Å². The molecular weight excluding hydrogens is 408 g/mol. The van der Waals surface area contributed by atoms with E-state index in [-0.39, 0.29) is 36.4 Å². The van der Waals surface area contributed by atoms with E-state index in [9.17, 15) is 9.59 Å². The van der Waals surface area contributed by atoms with E-state index in [1.807, 2.05) is 18.2 Å². The van der Waals surface area contributed by atoms with Crippen LogP contribution in [0.5, 0.6) is 0 Å². The van der Waals surface area contributed by atoms with Crippen molar-refractivity contribution in [1.29, 1.82) is 0 Å². The standard InChI is InChI=1S/C25H32N2O5/c1-2-3-6-13-26-24(30)19-15-31-25(27-19)23-18(20-10-11-21(23)32-20)14-17-8-5-4-7-16(17)9-12-22(28)29/h4-5,7-8,15,18,20-21,23H,2-3,6,9-14H2,1H3,(H,26,30)(H,28,29)/t18-,20-,21+,23+/m1/s1. The van der Waals surface area contributed by atoms with Gasteiger partial charge in [0.1, 0.15) is 6.26 Å². The Labute approximate surface area is 188 Å². The second-order valence-corrected chi connectivity index (χ2v) is 8.88. The van der Waals surface area contributed by atoms with Crippen molar-refractivity contribution in [2.24, 2.45) is 5.92 Å². The maximum absolute atomic E-state index is 12.4. The lowest BCUT2D eigenvalue weighted by Gasteiger charge is -2.26. The van der Waals surface area contributed by atoms with Gasteiger partial charge < -0.3 is 19.6 Å². The fraction of sp³-hybridized carbons (Fsp3) is 0.560. The summed E-state index contributed by atoms with van der Waals surface area (Å²) in [6.07, 6.45) is 8.17. The van der Waals surface area contributed by atoms with Crippen molar-refractivity contribution in [3.8, 4) is 0 Å². The van der Waals surface area contributed by atoms with E-state index in [1.54, 1.807) is 0 Å². The van der Waals surface area contributed by atoms with Gasteiger partial charge in [-0.1, -0.05) is 44.0 Å². The molecule has 172 valence electrons. The minimum absolute atomic E-state index is 0.00270. The normalized spacial score (nSPS) is 24.0. The van der Waals surface area contributed by atoms with E-state index in [1.165, 1.54) is 6.26 Å². The number of aryl methyl sites for hydroxylation is 1.